The number of alkyl halides is 1. The molecule has 1 fully saturated rings. The van der Waals surface area contributed by atoms with E-state index in [2.05, 4.69) is 9.51 Å². The number of aromatic nitrogens is 2. The van der Waals surface area contributed by atoms with E-state index in [1.165, 1.54) is 0 Å². The number of aliphatic hydroxyl groups is 1. The number of ether oxygens (including phenoxy) is 1. The van der Waals surface area contributed by atoms with Crippen LogP contribution >= 0.6 is 8.69 Å². The zero-order chi connectivity index (χ0) is 14.9. The first-order valence-corrected chi connectivity index (χ1v) is 6.36. The quantitative estimate of drug-likeness (QED) is 0.762. The molecule has 10 heteroatoms. The summed E-state index contributed by atoms with van der Waals surface area (Å²) in [4.78, 5) is 14.9. The topological polar surface area (TPSA) is 111 Å². The zero-order valence-electron chi connectivity index (χ0n) is 10.3. The fourth-order valence-corrected chi connectivity index (χ4v) is 2.24. The Balaban J connectivity index is 2.31. The fraction of sp³-hybridized carbons (Fsp3) is 0.600. The fourth-order valence-electron chi connectivity index (χ4n) is 2.04. The van der Waals surface area contributed by atoms with E-state index in [-0.39, 0.29) is 6.61 Å². The normalized spacial score (nSPS) is 33.6. The molecule has 1 aromatic rings. The molecule has 2 heterocycles. The smallest absolute Gasteiger partial charge is 0.353 e. The van der Waals surface area contributed by atoms with Gasteiger partial charge in [0.15, 0.2) is 11.9 Å². The molecule has 1 aromatic heterocycles. The van der Waals surface area contributed by atoms with Crippen molar-refractivity contribution in [1.82, 2.24) is 9.55 Å². The first kappa shape index (κ1) is 15.0. The predicted octanol–water partition coefficient (Wildman–Crippen LogP) is 0.159. The highest BCUT2D eigenvalue weighted by Gasteiger charge is 2.55. The van der Waals surface area contributed by atoms with Gasteiger partial charge in [-0.3, -0.25) is 9.09 Å². The van der Waals surface area contributed by atoms with E-state index in [4.69, 9.17) is 9.84 Å². The van der Waals surface area contributed by atoms with Crippen LogP contribution in [0.4, 0.5) is 4.39 Å². The predicted molar refractivity (Wildman–Crippen MR) is 63.2 cm³/mol. The Morgan fingerprint density at radius 1 is 1.70 bits per heavy atom. The molecule has 0 amide bonds. The molecule has 20 heavy (non-hydrogen) atoms. The highest BCUT2D eigenvalue weighted by Crippen LogP contribution is 2.40. The van der Waals surface area contributed by atoms with Gasteiger partial charge in [0.25, 0.3) is 0 Å². The molecule has 1 aliphatic rings. The van der Waals surface area contributed by atoms with Crippen LogP contribution in [0, 0.1) is 0 Å². The van der Waals surface area contributed by atoms with Crippen molar-refractivity contribution in [3.8, 4) is 5.88 Å². The Morgan fingerprint density at radius 2 is 2.40 bits per heavy atom. The summed E-state index contributed by atoms with van der Waals surface area (Å²) in [5.41, 5.74) is -3.20. The summed E-state index contributed by atoms with van der Waals surface area (Å²) in [6.45, 7) is 0.763. The summed E-state index contributed by atoms with van der Waals surface area (Å²) >= 11 is 0. The van der Waals surface area contributed by atoms with Crippen LogP contribution < -0.4 is 5.69 Å². The third-order valence-corrected chi connectivity index (χ3v) is 3.33. The molecule has 0 bridgehead atoms. The number of halogens is 1. The minimum Gasteiger partial charge on any atom is -0.493 e. The van der Waals surface area contributed by atoms with Gasteiger partial charge >= 0.3 is 14.4 Å². The van der Waals surface area contributed by atoms with Crippen molar-refractivity contribution in [3.05, 3.63) is 22.7 Å². The molecule has 110 valence electrons. The van der Waals surface area contributed by atoms with Crippen molar-refractivity contribution in [2.75, 3.05) is 6.61 Å². The van der Waals surface area contributed by atoms with Crippen molar-refractivity contribution in [2.24, 2.45) is 0 Å². The molecule has 0 spiro atoms. The lowest BCUT2D eigenvalue weighted by Gasteiger charge is -2.24. The Hall–Kier alpha value is -1.41. The molecule has 0 saturated carbocycles. The third kappa shape index (κ3) is 2.57. The minimum absolute atomic E-state index is 0.303. The van der Waals surface area contributed by atoms with Gasteiger partial charge in [0, 0.05) is 12.3 Å². The van der Waals surface area contributed by atoms with Crippen molar-refractivity contribution >= 4 is 8.69 Å². The number of hydrogen-bond donors (Lipinski definition) is 2. The van der Waals surface area contributed by atoms with Crippen LogP contribution in [0.3, 0.4) is 0 Å². The second-order valence-electron chi connectivity index (χ2n) is 4.47. The van der Waals surface area contributed by atoms with Crippen molar-refractivity contribution in [3.63, 3.8) is 0 Å². The van der Waals surface area contributed by atoms with Gasteiger partial charge in [-0.15, -0.1) is 0 Å². The largest absolute Gasteiger partial charge is 0.493 e. The van der Waals surface area contributed by atoms with Gasteiger partial charge in [-0.2, -0.15) is 4.98 Å². The van der Waals surface area contributed by atoms with Crippen molar-refractivity contribution in [1.29, 1.82) is 0 Å². The Labute approximate surface area is 114 Å². The maximum atomic E-state index is 14.6. The summed E-state index contributed by atoms with van der Waals surface area (Å²) in [6.07, 6.45) is -2.99. The van der Waals surface area contributed by atoms with E-state index in [0.29, 0.717) is 0 Å². The van der Waals surface area contributed by atoms with Crippen LogP contribution in [0.5, 0.6) is 5.88 Å². The Morgan fingerprint density at radius 3 is 3.00 bits per heavy atom. The van der Waals surface area contributed by atoms with Gasteiger partial charge in [-0.05, 0) is 6.92 Å². The lowest BCUT2D eigenvalue weighted by molar-refractivity contribution is -0.0578. The van der Waals surface area contributed by atoms with Gasteiger partial charge in [0.2, 0.25) is 5.88 Å². The van der Waals surface area contributed by atoms with Crippen LogP contribution in [0.15, 0.2) is 17.1 Å². The molecule has 0 aliphatic carbocycles. The van der Waals surface area contributed by atoms with Crippen LogP contribution in [-0.2, 0) is 13.8 Å². The van der Waals surface area contributed by atoms with E-state index in [1.807, 2.05) is 0 Å². The molecule has 1 saturated heterocycles. The van der Waals surface area contributed by atoms with Crippen LogP contribution in [0.25, 0.3) is 0 Å². The lowest BCUT2D eigenvalue weighted by atomic mass is 9.98. The van der Waals surface area contributed by atoms with E-state index in [1.54, 1.807) is 0 Å². The maximum absolute atomic E-state index is 14.6. The average Bonchev–Trinajstić information content (AvgIpc) is 2.60. The van der Waals surface area contributed by atoms with Gasteiger partial charge in [-0.25, -0.2) is 13.8 Å². The third-order valence-electron chi connectivity index (χ3n) is 3.08. The Bertz CT molecular complexity index is 565. The minimum atomic E-state index is -2.28. The molecule has 0 unspecified atom stereocenters. The summed E-state index contributed by atoms with van der Waals surface area (Å²) in [7, 11) is -0.626. The highest BCUT2D eigenvalue weighted by atomic mass is 31.1. The summed E-state index contributed by atoms with van der Waals surface area (Å²) in [6, 6.07) is 1.09. The number of aromatic hydroxyl groups is 1. The lowest BCUT2D eigenvalue weighted by Crippen LogP contribution is -2.42. The maximum Gasteiger partial charge on any atom is 0.353 e. The van der Waals surface area contributed by atoms with Gasteiger partial charge in [0.05, 0.1) is 6.61 Å². The average molecular weight is 306 g/mol. The van der Waals surface area contributed by atoms with E-state index in [9.17, 15) is 18.9 Å². The van der Waals surface area contributed by atoms with Gasteiger partial charge in [-0.1, -0.05) is 0 Å². The van der Waals surface area contributed by atoms with Crippen LogP contribution in [0.2, 0.25) is 0 Å². The number of rotatable bonds is 4. The highest BCUT2D eigenvalue weighted by molar-refractivity contribution is 7.17. The van der Waals surface area contributed by atoms with E-state index >= 15 is 0 Å². The first-order valence-electron chi connectivity index (χ1n) is 5.63. The van der Waals surface area contributed by atoms with Gasteiger partial charge < -0.3 is 14.9 Å². The molecule has 0 radical (unpaired) electrons. The molecular weight excluding hydrogens is 294 g/mol. The molecule has 2 rings (SSSR count). The van der Waals surface area contributed by atoms with Crippen LogP contribution in [-0.4, -0.2) is 44.2 Å². The van der Waals surface area contributed by atoms with Crippen molar-refractivity contribution in [2.45, 2.75) is 31.0 Å². The van der Waals surface area contributed by atoms with Crippen molar-refractivity contribution < 1.29 is 28.4 Å². The number of hydrogen-bond acceptors (Lipinski definition) is 7. The molecule has 0 aromatic carbocycles. The van der Waals surface area contributed by atoms with E-state index < -0.39 is 44.4 Å². The molecule has 8 nitrogen and oxygen atoms in total. The SMILES string of the molecule is C[C@@]1(F)[C@H](O)[C@@H](COP=O)O[C@H]1n1ccc(O)nc1=O. The summed E-state index contributed by atoms with van der Waals surface area (Å²) in [5.74, 6) is -0.504. The number of aliphatic hydroxyl groups excluding tert-OH is 1. The Kier molecular flexibility index (Phi) is 4.14. The second-order valence-corrected chi connectivity index (χ2v) is 4.88. The molecule has 2 N–H and O–H groups in total. The molecular formula is C10H12FN2O6P. The summed E-state index contributed by atoms with van der Waals surface area (Å²) in [5, 5.41) is 18.9. The standard InChI is InChI=1S/C10H12FN2O6P/c1-10(11)7(15)5(4-18-20-17)19-8(10)13-3-2-6(14)12-9(13)16/h2-3,5,7-8,15H,4H2,1H3,(H,12,14,16)/t5-,7-,8-,10-/m1/s1. The number of nitrogens with zero attached hydrogens (tertiary/aromatic N) is 2. The van der Waals surface area contributed by atoms with Gasteiger partial charge in [0.1, 0.15) is 12.2 Å². The second kappa shape index (κ2) is 5.53. The van der Waals surface area contributed by atoms with Crippen LogP contribution in [0.1, 0.15) is 13.2 Å². The molecule has 1 aliphatic heterocycles. The monoisotopic (exact) mass is 306 g/mol. The van der Waals surface area contributed by atoms with E-state index in [0.717, 1.165) is 23.8 Å². The first-order chi connectivity index (χ1) is 9.37. The zero-order valence-corrected chi connectivity index (χ0v) is 11.2. The molecule has 4 atom stereocenters. The summed E-state index contributed by atoms with van der Waals surface area (Å²) < 4.78 is 35.4.